The van der Waals surface area contributed by atoms with Gasteiger partial charge in [0.05, 0.1) is 6.20 Å². The summed E-state index contributed by atoms with van der Waals surface area (Å²) in [5.41, 5.74) is 1.88. The largest absolute Gasteiger partial charge is 0.587 e. The Bertz CT molecular complexity index is 805. The molecule has 2 aromatic heterocycles. The Morgan fingerprint density at radius 1 is 1.20 bits per heavy atom. The van der Waals surface area contributed by atoms with Gasteiger partial charge in [-0.05, 0) is 36.8 Å². The molecule has 0 radical (unpaired) electrons. The third-order valence-electron chi connectivity index (χ3n) is 3.06. The maximum Gasteiger partial charge on any atom is 0.188 e. The van der Waals surface area contributed by atoms with Crippen molar-refractivity contribution in [2.75, 3.05) is 0 Å². The summed E-state index contributed by atoms with van der Waals surface area (Å²) in [6, 6.07) is 14.7. The van der Waals surface area contributed by atoms with Gasteiger partial charge in [0.1, 0.15) is 23.1 Å². The molecule has 0 aliphatic rings. The molecule has 0 fully saturated rings. The molecule has 5 heteroatoms. The molecule has 2 heterocycles. The second-order valence-electron chi connectivity index (χ2n) is 4.38. The fourth-order valence-corrected chi connectivity index (χ4v) is 3.24. The lowest BCUT2D eigenvalue weighted by Crippen LogP contribution is -2.12. The van der Waals surface area contributed by atoms with Crippen LogP contribution in [0.25, 0.3) is 11.0 Å². The first-order chi connectivity index (χ1) is 9.70. The van der Waals surface area contributed by atoms with E-state index in [2.05, 4.69) is 4.98 Å². The number of nitrogens with zero attached hydrogens (tertiary/aromatic N) is 3. The van der Waals surface area contributed by atoms with Gasteiger partial charge in [0.25, 0.3) is 0 Å². The molecule has 20 heavy (non-hydrogen) atoms. The Hall–Kier alpha value is -2.29. The number of hydrogen-bond donors (Lipinski definition) is 0. The van der Waals surface area contributed by atoms with Crippen LogP contribution in [0.2, 0.25) is 0 Å². The van der Waals surface area contributed by atoms with E-state index in [0.29, 0.717) is 16.2 Å². The first-order valence-electron chi connectivity index (χ1n) is 6.07. The third kappa shape index (κ3) is 2.05. The van der Waals surface area contributed by atoms with Crippen LogP contribution in [0.1, 0.15) is 11.3 Å². The molecule has 0 aliphatic heterocycles. The quantitative estimate of drug-likeness (QED) is 0.678. The molecule has 0 amide bonds. The van der Waals surface area contributed by atoms with Crippen LogP contribution in [0, 0.1) is 18.3 Å². The maximum absolute atomic E-state index is 12.6. The SMILES string of the molecule is Cc1cn([S+]([O-])c2ccccc2)c2nc(C#N)ccc12. The van der Waals surface area contributed by atoms with E-state index in [0.717, 1.165) is 10.9 Å². The monoisotopic (exact) mass is 281 g/mol. The number of benzene rings is 1. The molecule has 0 saturated carbocycles. The fourth-order valence-electron chi connectivity index (χ4n) is 2.07. The first-order valence-corrected chi connectivity index (χ1v) is 7.17. The molecule has 0 bridgehead atoms. The van der Waals surface area contributed by atoms with Crippen molar-refractivity contribution in [3.8, 4) is 6.07 Å². The van der Waals surface area contributed by atoms with Crippen LogP contribution in [0.4, 0.5) is 0 Å². The van der Waals surface area contributed by atoms with Crippen molar-refractivity contribution in [2.45, 2.75) is 11.8 Å². The zero-order valence-corrected chi connectivity index (χ0v) is 11.6. The van der Waals surface area contributed by atoms with Crippen molar-refractivity contribution in [1.29, 1.82) is 5.26 Å². The minimum atomic E-state index is -1.37. The van der Waals surface area contributed by atoms with Crippen LogP contribution in [-0.4, -0.2) is 13.5 Å². The van der Waals surface area contributed by atoms with E-state index in [1.807, 2.05) is 55.6 Å². The molecular formula is C15H11N3OS. The standard InChI is InChI=1S/C15H11N3OS/c1-11-10-18(20(19)13-5-3-2-4-6-13)15-14(11)8-7-12(9-16)17-15/h2-8,10H,1H3. The Labute approximate surface area is 119 Å². The molecule has 0 aliphatic carbocycles. The highest BCUT2D eigenvalue weighted by Crippen LogP contribution is 2.24. The van der Waals surface area contributed by atoms with Gasteiger partial charge in [-0.1, -0.05) is 18.2 Å². The van der Waals surface area contributed by atoms with Gasteiger partial charge in [0.2, 0.25) is 0 Å². The number of aryl methyl sites for hydroxylation is 1. The summed E-state index contributed by atoms with van der Waals surface area (Å²) in [5.74, 6) is 0. The van der Waals surface area contributed by atoms with Gasteiger partial charge in [-0.25, -0.2) is 4.98 Å². The Morgan fingerprint density at radius 3 is 2.65 bits per heavy atom. The smallest absolute Gasteiger partial charge is 0.188 e. The number of hydrogen-bond acceptors (Lipinski definition) is 3. The van der Waals surface area contributed by atoms with Gasteiger partial charge in [-0.3, -0.25) is 0 Å². The highest BCUT2D eigenvalue weighted by Gasteiger charge is 2.19. The average molecular weight is 281 g/mol. The molecule has 1 unspecified atom stereocenters. The lowest BCUT2D eigenvalue weighted by molar-refractivity contribution is 0.587. The number of aromatic nitrogens is 2. The summed E-state index contributed by atoms with van der Waals surface area (Å²) in [4.78, 5) is 4.97. The van der Waals surface area contributed by atoms with E-state index in [9.17, 15) is 4.55 Å². The molecule has 4 nitrogen and oxygen atoms in total. The highest BCUT2D eigenvalue weighted by atomic mass is 32.2. The van der Waals surface area contributed by atoms with Crippen LogP contribution < -0.4 is 0 Å². The summed E-state index contributed by atoms with van der Waals surface area (Å²) in [7, 11) is 0. The van der Waals surface area contributed by atoms with E-state index in [1.54, 1.807) is 10.0 Å². The van der Waals surface area contributed by atoms with Crippen molar-refractivity contribution in [2.24, 2.45) is 0 Å². The normalized spacial score (nSPS) is 12.2. The summed E-state index contributed by atoms with van der Waals surface area (Å²) >= 11 is -1.37. The molecule has 1 atom stereocenters. The van der Waals surface area contributed by atoms with E-state index in [-0.39, 0.29) is 0 Å². The minimum Gasteiger partial charge on any atom is -0.587 e. The van der Waals surface area contributed by atoms with Crippen LogP contribution >= 0.6 is 0 Å². The third-order valence-corrected chi connectivity index (χ3v) is 4.37. The van der Waals surface area contributed by atoms with Gasteiger partial charge in [-0.2, -0.15) is 5.26 Å². The van der Waals surface area contributed by atoms with E-state index < -0.39 is 11.4 Å². The van der Waals surface area contributed by atoms with Crippen LogP contribution in [0.15, 0.2) is 53.6 Å². The molecule has 1 aromatic carbocycles. The minimum absolute atomic E-state index is 0.321. The predicted molar refractivity (Wildman–Crippen MR) is 77.4 cm³/mol. The van der Waals surface area contributed by atoms with Crippen molar-refractivity contribution in [3.63, 3.8) is 0 Å². The molecule has 0 saturated heterocycles. The fraction of sp³-hybridized carbons (Fsp3) is 0.0667. The van der Waals surface area contributed by atoms with Gasteiger partial charge in [-0.15, -0.1) is 3.97 Å². The number of fused-ring (bicyclic) bond motifs is 1. The van der Waals surface area contributed by atoms with Crippen molar-refractivity contribution < 1.29 is 4.55 Å². The van der Waals surface area contributed by atoms with Gasteiger partial charge >= 0.3 is 0 Å². The van der Waals surface area contributed by atoms with Gasteiger partial charge in [0, 0.05) is 5.39 Å². The zero-order chi connectivity index (χ0) is 14.1. The van der Waals surface area contributed by atoms with Gasteiger partial charge in [0.15, 0.2) is 10.5 Å². The van der Waals surface area contributed by atoms with Crippen LogP contribution in [0.3, 0.4) is 0 Å². The Kier molecular flexibility index (Phi) is 3.18. The molecule has 3 rings (SSSR count). The summed E-state index contributed by atoms with van der Waals surface area (Å²) in [5, 5.41) is 9.86. The van der Waals surface area contributed by atoms with Crippen molar-refractivity contribution >= 4 is 22.4 Å². The van der Waals surface area contributed by atoms with Crippen LogP contribution in [-0.2, 0) is 11.4 Å². The van der Waals surface area contributed by atoms with Crippen molar-refractivity contribution in [1.82, 2.24) is 8.96 Å². The Balaban J connectivity index is 2.19. The summed E-state index contributed by atoms with van der Waals surface area (Å²) in [6.45, 7) is 1.94. The van der Waals surface area contributed by atoms with Crippen molar-refractivity contribution in [3.05, 3.63) is 59.9 Å². The lowest BCUT2D eigenvalue weighted by atomic mass is 10.2. The molecule has 3 aromatic rings. The summed E-state index contributed by atoms with van der Waals surface area (Å²) < 4.78 is 14.2. The van der Waals surface area contributed by atoms with E-state index in [1.165, 1.54) is 0 Å². The zero-order valence-electron chi connectivity index (χ0n) is 10.8. The first kappa shape index (κ1) is 12.7. The maximum atomic E-state index is 12.6. The number of nitriles is 1. The molecular weight excluding hydrogens is 270 g/mol. The highest BCUT2D eigenvalue weighted by molar-refractivity contribution is 7.90. The molecule has 0 N–H and O–H groups in total. The Morgan fingerprint density at radius 2 is 1.95 bits per heavy atom. The lowest BCUT2D eigenvalue weighted by Gasteiger charge is -2.10. The second kappa shape index (κ2) is 5.00. The predicted octanol–water partition coefficient (Wildman–Crippen LogP) is 2.79. The van der Waals surface area contributed by atoms with E-state index in [4.69, 9.17) is 5.26 Å². The molecule has 98 valence electrons. The second-order valence-corrected chi connectivity index (χ2v) is 5.74. The molecule has 0 spiro atoms. The summed E-state index contributed by atoms with van der Waals surface area (Å²) in [6.07, 6.45) is 1.81. The average Bonchev–Trinajstić information content (AvgIpc) is 2.84. The van der Waals surface area contributed by atoms with Gasteiger partial charge < -0.3 is 4.55 Å². The number of pyridine rings is 1. The topological polar surface area (TPSA) is 64.7 Å². The van der Waals surface area contributed by atoms with Crippen LogP contribution in [0.5, 0.6) is 0 Å². The number of rotatable bonds is 2. The van der Waals surface area contributed by atoms with E-state index >= 15 is 0 Å².